The predicted octanol–water partition coefficient (Wildman–Crippen LogP) is 2.65. The molecule has 0 bridgehead atoms. The van der Waals surface area contributed by atoms with Crippen LogP contribution in [0.2, 0.25) is 0 Å². The molecule has 0 saturated carbocycles. The van der Waals surface area contributed by atoms with Crippen LogP contribution in [0.25, 0.3) is 0 Å². The van der Waals surface area contributed by atoms with E-state index in [0.717, 1.165) is 12.1 Å². The van der Waals surface area contributed by atoms with Gasteiger partial charge >= 0.3 is 0 Å². The number of aromatic nitrogens is 1. The smallest absolute Gasteiger partial charge is 0.255 e. The van der Waals surface area contributed by atoms with Crippen molar-refractivity contribution in [2.24, 2.45) is 0 Å². The first kappa shape index (κ1) is 18.4. The first-order valence-corrected chi connectivity index (χ1v) is 10.5. The highest BCUT2D eigenvalue weighted by Gasteiger charge is 2.33. The van der Waals surface area contributed by atoms with Crippen molar-refractivity contribution in [3.05, 3.63) is 53.7 Å². The van der Waals surface area contributed by atoms with E-state index in [0.29, 0.717) is 17.8 Å². The number of sulfone groups is 1. The molecule has 7 heteroatoms. The SMILES string of the molecule is CCc1ccccc1Nc1ccc(C(=O)N(C)C2CCS(=O)(=O)C2)cn1. The highest BCUT2D eigenvalue weighted by molar-refractivity contribution is 7.91. The van der Waals surface area contributed by atoms with Crippen molar-refractivity contribution in [3.8, 4) is 0 Å². The second kappa shape index (κ2) is 7.45. The molecule has 1 N–H and O–H groups in total. The highest BCUT2D eigenvalue weighted by atomic mass is 32.2. The summed E-state index contributed by atoms with van der Waals surface area (Å²) in [6.45, 7) is 2.09. The average Bonchev–Trinajstić information content (AvgIpc) is 3.01. The molecule has 1 unspecified atom stereocenters. The van der Waals surface area contributed by atoms with E-state index in [1.807, 2.05) is 18.2 Å². The summed E-state index contributed by atoms with van der Waals surface area (Å²) >= 11 is 0. The molecule has 1 fully saturated rings. The van der Waals surface area contributed by atoms with Crippen LogP contribution >= 0.6 is 0 Å². The lowest BCUT2D eigenvalue weighted by Crippen LogP contribution is -2.37. The fraction of sp³-hybridized carbons (Fsp3) is 0.368. The molecule has 138 valence electrons. The van der Waals surface area contributed by atoms with Gasteiger partial charge in [-0.3, -0.25) is 4.79 Å². The first-order chi connectivity index (χ1) is 12.4. The number of nitrogens with one attached hydrogen (secondary N) is 1. The third-order valence-corrected chi connectivity index (χ3v) is 6.50. The summed E-state index contributed by atoms with van der Waals surface area (Å²) in [6, 6.07) is 11.2. The lowest BCUT2D eigenvalue weighted by Gasteiger charge is -2.23. The molecule has 1 aromatic carbocycles. The number of anilines is 2. The van der Waals surface area contributed by atoms with E-state index < -0.39 is 9.84 Å². The molecule has 0 spiro atoms. The van der Waals surface area contributed by atoms with Crippen molar-refractivity contribution in [1.82, 2.24) is 9.88 Å². The van der Waals surface area contributed by atoms with Crippen LogP contribution in [0.15, 0.2) is 42.6 Å². The molecule has 26 heavy (non-hydrogen) atoms. The Balaban J connectivity index is 1.70. The van der Waals surface area contributed by atoms with Gasteiger partial charge in [0.25, 0.3) is 5.91 Å². The van der Waals surface area contributed by atoms with E-state index in [4.69, 9.17) is 0 Å². The molecular weight excluding hydrogens is 350 g/mol. The normalized spacial score (nSPS) is 18.5. The van der Waals surface area contributed by atoms with Crippen molar-refractivity contribution in [2.75, 3.05) is 23.9 Å². The standard InChI is InChI=1S/C19H23N3O3S/c1-3-14-6-4-5-7-17(14)21-18-9-8-15(12-20-18)19(23)22(2)16-10-11-26(24,25)13-16/h4-9,12,16H,3,10-11,13H2,1-2H3,(H,20,21). The van der Waals surface area contributed by atoms with Gasteiger partial charge in [0.15, 0.2) is 9.84 Å². The minimum atomic E-state index is -3.02. The molecule has 1 aliphatic rings. The first-order valence-electron chi connectivity index (χ1n) is 8.68. The maximum Gasteiger partial charge on any atom is 0.255 e. The Kier molecular flexibility index (Phi) is 5.27. The van der Waals surface area contributed by atoms with E-state index in [9.17, 15) is 13.2 Å². The molecule has 1 aliphatic heterocycles. The van der Waals surface area contributed by atoms with Crippen molar-refractivity contribution in [3.63, 3.8) is 0 Å². The lowest BCUT2D eigenvalue weighted by molar-refractivity contribution is 0.0747. The molecular formula is C19H23N3O3S. The minimum Gasteiger partial charge on any atom is -0.340 e. The van der Waals surface area contributed by atoms with E-state index in [1.54, 1.807) is 19.2 Å². The lowest BCUT2D eigenvalue weighted by atomic mass is 10.1. The summed E-state index contributed by atoms with van der Waals surface area (Å²) < 4.78 is 23.2. The Labute approximate surface area is 154 Å². The Bertz CT molecular complexity index is 895. The summed E-state index contributed by atoms with van der Waals surface area (Å²) in [5.74, 6) is 0.636. The van der Waals surface area contributed by atoms with Gasteiger partial charge in [-0.05, 0) is 36.6 Å². The molecule has 3 rings (SSSR count). The Hall–Kier alpha value is -2.41. The Morgan fingerprint density at radius 3 is 2.65 bits per heavy atom. The molecule has 1 amide bonds. The third kappa shape index (κ3) is 4.04. The largest absolute Gasteiger partial charge is 0.340 e. The maximum atomic E-state index is 12.6. The van der Waals surface area contributed by atoms with Gasteiger partial charge in [0.1, 0.15) is 5.82 Å². The number of carbonyl (C=O) groups excluding carboxylic acids is 1. The van der Waals surface area contributed by atoms with Crippen LogP contribution in [0.4, 0.5) is 11.5 Å². The number of hydrogen-bond acceptors (Lipinski definition) is 5. The fourth-order valence-electron chi connectivity index (χ4n) is 3.13. The summed E-state index contributed by atoms with van der Waals surface area (Å²) in [5.41, 5.74) is 2.64. The summed E-state index contributed by atoms with van der Waals surface area (Å²) in [7, 11) is -1.37. The summed E-state index contributed by atoms with van der Waals surface area (Å²) in [4.78, 5) is 18.4. The van der Waals surface area contributed by atoms with Crippen LogP contribution in [0.3, 0.4) is 0 Å². The number of hydrogen-bond donors (Lipinski definition) is 1. The molecule has 1 saturated heterocycles. The third-order valence-electron chi connectivity index (χ3n) is 4.75. The van der Waals surface area contributed by atoms with Crippen LogP contribution in [0.1, 0.15) is 29.3 Å². The molecule has 0 radical (unpaired) electrons. The molecule has 6 nitrogen and oxygen atoms in total. The zero-order chi connectivity index (χ0) is 18.7. The van der Waals surface area contributed by atoms with Crippen molar-refractivity contribution >= 4 is 27.2 Å². The van der Waals surface area contributed by atoms with E-state index in [-0.39, 0.29) is 23.5 Å². The van der Waals surface area contributed by atoms with Gasteiger partial charge in [0.2, 0.25) is 0 Å². The molecule has 2 aromatic rings. The van der Waals surface area contributed by atoms with Gasteiger partial charge in [-0.25, -0.2) is 13.4 Å². The quantitative estimate of drug-likeness (QED) is 0.872. The van der Waals surface area contributed by atoms with E-state index >= 15 is 0 Å². The average molecular weight is 373 g/mol. The molecule has 2 heterocycles. The topological polar surface area (TPSA) is 79.4 Å². The van der Waals surface area contributed by atoms with Crippen LogP contribution in [-0.2, 0) is 16.3 Å². The van der Waals surface area contributed by atoms with Gasteiger partial charge in [-0.2, -0.15) is 0 Å². The number of aryl methyl sites for hydroxylation is 1. The molecule has 0 aliphatic carbocycles. The van der Waals surface area contributed by atoms with Crippen molar-refractivity contribution in [1.29, 1.82) is 0 Å². The molecule has 1 aromatic heterocycles. The fourth-order valence-corrected chi connectivity index (χ4v) is 4.91. The second-order valence-electron chi connectivity index (χ2n) is 6.54. The van der Waals surface area contributed by atoms with Gasteiger partial charge in [0.05, 0.1) is 17.1 Å². The Morgan fingerprint density at radius 2 is 2.04 bits per heavy atom. The van der Waals surface area contributed by atoms with Crippen LogP contribution in [0, 0.1) is 0 Å². The van der Waals surface area contributed by atoms with E-state index in [1.165, 1.54) is 16.7 Å². The zero-order valence-corrected chi connectivity index (χ0v) is 15.8. The van der Waals surface area contributed by atoms with Crippen LogP contribution < -0.4 is 5.32 Å². The van der Waals surface area contributed by atoms with E-state index in [2.05, 4.69) is 23.3 Å². The number of rotatable bonds is 5. The van der Waals surface area contributed by atoms with Crippen LogP contribution in [-0.4, -0.2) is 48.8 Å². The van der Waals surface area contributed by atoms with Gasteiger partial charge < -0.3 is 10.2 Å². The highest BCUT2D eigenvalue weighted by Crippen LogP contribution is 2.21. The molecule has 1 atom stereocenters. The summed E-state index contributed by atoms with van der Waals surface area (Å²) in [5, 5.41) is 3.27. The van der Waals surface area contributed by atoms with Gasteiger partial charge in [0, 0.05) is 25.0 Å². The second-order valence-corrected chi connectivity index (χ2v) is 8.77. The number of para-hydroxylation sites is 1. The number of pyridine rings is 1. The number of nitrogens with zero attached hydrogens (tertiary/aromatic N) is 2. The predicted molar refractivity (Wildman–Crippen MR) is 102 cm³/mol. The zero-order valence-electron chi connectivity index (χ0n) is 15.0. The maximum absolute atomic E-state index is 12.6. The van der Waals surface area contributed by atoms with Gasteiger partial charge in [-0.1, -0.05) is 25.1 Å². The number of carbonyl (C=O) groups is 1. The van der Waals surface area contributed by atoms with Crippen molar-refractivity contribution < 1.29 is 13.2 Å². The minimum absolute atomic E-state index is 0.0378. The summed E-state index contributed by atoms with van der Waals surface area (Å²) in [6.07, 6.45) is 2.93. The Morgan fingerprint density at radius 1 is 1.27 bits per heavy atom. The number of amides is 1. The van der Waals surface area contributed by atoms with Gasteiger partial charge in [-0.15, -0.1) is 0 Å². The van der Waals surface area contributed by atoms with Crippen LogP contribution in [0.5, 0.6) is 0 Å². The number of benzene rings is 1. The monoisotopic (exact) mass is 373 g/mol. The van der Waals surface area contributed by atoms with Crippen molar-refractivity contribution in [2.45, 2.75) is 25.8 Å².